The number of nitrogens with two attached hydrogens (primary N) is 1. The Bertz CT molecular complexity index is 393. The molecular formula is C14H21ClN2O. The highest BCUT2D eigenvalue weighted by Gasteiger charge is 2.12. The molecule has 0 radical (unpaired) electrons. The molecule has 1 aromatic carbocycles. The number of amides is 1. The highest BCUT2D eigenvalue weighted by Crippen LogP contribution is 2.13. The second-order valence-electron chi connectivity index (χ2n) is 4.83. The zero-order valence-corrected chi connectivity index (χ0v) is 11.8. The number of halogens is 1. The van der Waals surface area contributed by atoms with Gasteiger partial charge in [-0.1, -0.05) is 37.6 Å². The number of hydrogen-bond donors (Lipinski definition) is 1. The topological polar surface area (TPSA) is 46.3 Å². The van der Waals surface area contributed by atoms with Crippen LogP contribution in [0.5, 0.6) is 0 Å². The van der Waals surface area contributed by atoms with Crippen molar-refractivity contribution in [1.29, 1.82) is 0 Å². The van der Waals surface area contributed by atoms with Crippen molar-refractivity contribution in [3.05, 3.63) is 34.9 Å². The van der Waals surface area contributed by atoms with E-state index in [9.17, 15) is 4.79 Å². The van der Waals surface area contributed by atoms with E-state index in [2.05, 4.69) is 13.8 Å². The Balaban J connectivity index is 2.68. The number of nitrogens with zero attached hydrogens (tertiary/aromatic N) is 1. The van der Waals surface area contributed by atoms with Crippen LogP contribution in [-0.4, -0.2) is 23.9 Å². The van der Waals surface area contributed by atoms with E-state index in [-0.39, 0.29) is 12.5 Å². The van der Waals surface area contributed by atoms with Gasteiger partial charge < -0.3 is 10.6 Å². The molecule has 0 aliphatic carbocycles. The maximum atomic E-state index is 11.8. The minimum atomic E-state index is -0.0179. The molecule has 0 spiro atoms. The number of hydrogen-bond acceptors (Lipinski definition) is 2. The van der Waals surface area contributed by atoms with Crippen LogP contribution in [0.4, 0.5) is 0 Å². The van der Waals surface area contributed by atoms with Crippen molar-refractivity contribution in [2.24, 2.45) is 11.7 Å². The number of carbonyl (C=O) groups is 1. The molecule has 0 saturated carbocycles. The van der Waals surface area contributed by atoms with E-state index in [1.807, 2.05) is 24.3 Å². The highest BCUT2D eigenvalue weighted by molar-refractivity contribution is 6.30. The van der Waals surface area contributed by atoms with Gasteiger partial charge in [0.2, 0.25) is 5.91 Å². The molecule has 1 aromatic rings. The molecule has 4 heteroatoms. The van der Waals surface area contributed by atoms with Crippen molar-refractivity contribution >= 4 is 17.5 Å². The summed E-state index contributed by atoms with van der Waals surface area (Å²) in [7, 11) is 0. The van der Waals surface area contributed by atoms with Crippen LogP contribution in [0.2, 0.25) is 5.02 Å². The average Bonchev–Trinajstić information content (AvgIpc) is 2.33. The molecule has 0 saturated heterocycles. The van der Waals surface area contributed by atoms with Gasteiger partial charge in [-0.3, -0.25) is 4.79 Å². The summed E-state index contributed by atoms with van der Waals surface area (Å²) < 4.78 is 0. The quantitative estimate of drug-likeness (QED) is 0.862. The summed E-state index contributed by atoms with van der Waals surface area (Å²) in [6, 6.07) is 7.57. The van der Waals surface area contributed by atoms with Gasteiger partial charge in [0.05, 0.1) is 6.54 Å². The van der Waals surface area contributed by atoms with Gasteiger partial charge in [0.15, 0.2) is 0 Å². The van der Waals surface area contributed by atoms with Crippen LogP contribution < -0.4 is 5.73 Å². The van der Waals surface area contributed by atoms with Crippen LogP contribution in [0.1, 0.15) is 25.8 Å². The van der Waals surface area contributed by atoms with Crippen LogP contribution in [0, 0.1) is 5.92 Å². The molecule has 100 valence electrons. The van der Waals surface area contributed by atoms with Gasteiger partial charge in [-0.25, -0.2) is 0 Å². The maximum Gasteiger partial charge on any atom is 0.236 e. The van der Waals surface area contributed by atoms with Crippen molar-refractivity contribution in [2.75, 3.05) is 13.1 Å². The van der Waals surface area contributed by atoms with Gasteiger partial charge in [0, 0.05) is 18.1 Å². The average molecular weight is 269 g/mol. The number of carbonyl (C=O) groups excluding carboxylic acids is 1. The lowest BCUT2D eigenvalue weighted by molar-refractivity contribution is -0.130. The van der Waals surface area contributed by atoms with Gasteiger partial charge in [-0.2, -0.15) is 0 Å². The fraction of sp³-hybridized carbons (Fsp3) is 0.500. The summed E-state index contributed by atoms with van der Waals surface area (Å²) in [5, 5.41) is 0.691. The van der Waals surface area contributed by atoms with Crippen molar-refractivity contribution in [2.45, 2.75) is 26.8 Å². The van der Waals surface area contributed by atoms with Crippen molar-refractivity contribution in [3.63, 3.8) is 0 Å². The summed E-state index contributed by atoms with van der Waals surface area (Å²) >= 11 is 5.94. The lowest BCUT2D eigenvalue weighted by Crippen LogP contribution is -2.36. The molecule has 1 amide bonds. The van der Waals surface area contributed by atoms with E-state index in [0.717, 1.165) is 18.5 Å². The highest BCUT2D eigenvalue weighted by atomic mass is 35.5. The summed E-state index contributed by atoms with van der Waals surface area (Å²) in [6.07, 6.45) is 0.978. The van der Waals surface area contributed by atoms with Crippen LogP contribution in [0.15, 0.2) is 24.3 Å². The minimum absolute atomic E-state index is 0.0179. The zero-order chi connectivity index (χ0) is 13.5. The molecule has 0 atom stereocenters. The Morgan fingerprint density at radius 3 is 2.72 bits per heavy atom. The molecule has 2 N–H and O–H groups in total. The summed E-state index contributed by atoms with van der Waals surface area (Å²) in [5.41, 5.74) is 6.48. The SMILES string of the molecule is CC(C)CCN(Cc1cccc(Cl)c1)C(=O)CN. The van der Waals surface area contributed by atoms with Crippen LogP contribution in [0.25, 0.3) is 0 Å². The molecule has 0 aliphatic heterocycles. The first-order valence-corrected chi connectivity index (χ1v) is 6.63. The summed E-state index contributed by atoms with van der Waals surface area (Å²) in [6.45, 7) is 5.65. The molecule has 18 heavy (non-hydrogen) atoms. The molecule has 0 fully saturated rings. The maximum absolute atomic E-state index is 11.8. The Kier molecular flexibility index (Phi) is 6.16. The van der Waals surface area contributed by atoms with E-state index < -0.39 is 0 Å². The molecule has 3 nitrogen and oxygen atoms in total. The molecule has 1 rings (SSSR count). The zero-order valence-electron chi connectivity index (χ0n) is 11.0. The third-order valence-corrected chi connectivity index (χ3v) is 3.00. The second kappa shape index (κ2) is 7.39. The Hall–Kier alpha value is -1.06. The smallest absolute Gasteiger partial charge is 0.236 e. The first kappa shape index (κ1) is 15.0. The Morgan fingerprint density at radius 1 is 1.44 bits per heavy atom. The third kappa shape index (κ3) is 5.07. The van der Waals surface area contributed by atoms with E-state index >= 15 is 0 Å². The van der Waals surface area contributed by atoms with Crippen molar-refractivity contribution in [3.8, 4) is 0 Å². The van der Waals surface area contributed by atoms with E-state index in [4.69, 9.17) is 17.3 Å². The van der Waals surface area contributed by atoms with E-state index in [1.165, 1.54) is 0 Å². The summed E-state index contributed by atoms with van der Waals surface area (Å²) in [4.78, 5) is 13.6. The molecule has 0 unspecified atom stereocenters. The molecule has 0 aromatic heterocycles. The van der Waals surface area contributed by atoms with Crippen molar-refractivity contribution < 1.29 is 4.79 Å². The monoisotopic (exact) mass is 268 g/mol. The van der Waals surface area contributed by atoms with Gasteiger partial charge in [-0.05, 0) is 30.0 Å². The predicted molar refractivity (Wildman–Crippen MR) is 75.4 cm³/mol. The van der Waals surface area contributed by atoms with Gasteiger partial charge in [-0.15, -0.1) is 0 Å². The van der Waals surface area contributed by atoms with E-state index in [0.29, 0.717) is 17.5 Å². The lowest BCUT2D eigenvalue weighted by Gasteiger charge is -2.23. The van der Waals surface area contributed by atoms with Gasteiger partial charge in [0.25, 0.3) is 0 Å². The fourth-order valence-electron chi connectivity index (χ4n) is 1.69. The summed E-state index contributed by atoms with van der Waals surface area (Å²) in [5.74, 6) is 0.549. The predicted octanol–water partition coefficient (Wildman–Crippen LogP) is 2.67. The first-order chi connectivity index (χ1) is 8.52. The normalized spacial score (nSPS) is 10.7. The molecule has 0 aliphatic rings. The molecule has 0 bridgehead atoms. The van der Waals surface area contributed by atoms with Gasteiger partial charge >= 0.3 is 0 Å². The van der Waals surface area contributed by atoms with Gasteiger partial charge in [0.1, 0.15) is 0 Å². The first-order valence-electron chi connectivity index (χ1n) is 6.25. The van der Waals surface area contributed by atoms with E-state index in [1.54, 1.807) is 4.90 Å². The number of rotatable bonds is 6. The third-order valence-electron chi connectivity index (χ3n) is 2.77. The molecule has 0 heterocycles. The Labute approximate surface area is 114 Å². The Morgan fingerprint density at radius 2 is 2.17 bits per heavy atom. The largest absolute Gasteiger partial charge is 0.337 e. The van der Waals surface area contributed by atoms with Crippen LogP contribution >= 0.6 is 11.6 Å². The van der Waals surface area contributed by atoms with Crippen LogP contribution in [0.3, 0.4) is 0 Å². The molecular weight excluding hydrogens is 248 g/mol. The standard InChI is InChI=1S/C14H21ClN2O/c1-11(2)6-7-17(14(18)9-16)10-12-4-3-5-13(15)8-12/h3-5,8,11H,6-7,9-10,16H2,1-2H3. The van der Waals surface area contributed by atoms with Crippen LogP contribution in [-0.2, 0) is 11.3 Å². The minimum Gasteiger partial charge on any atom is -0.337 e. The second-order valence-corrected chi connectivity index (χ2v) is 5.27. The van der Waals surface area contributed by atoms with Crippen molar-refractivity contribution in [1.82, 2.24) is 4.90 Å². The lowest BCUT2D eigenvalue weighted by atomic mass is 10.1. The number of benzene rings is 1. The fourth-order valence-corrected chi connectivity index (χ4v) is 1.90.